The number of aromatic hydroxyl groups is 1. The molecule has 4 rings (SSSR count). The second-order valence-corrected chi connectivity index (χ2v) is 10.8. The minimum Gasteiger partial charge on any atom is -0.506 e. The van der Waals surface area contributed by atoms with Gasteiger partial charge in [0.1, 0.15) is 15.8 Å². The Labute approximate surface area is 220 Å². The molecule has 0 spiro atoms. The number of ether oxygens (including phenoxy) is 1. The lowest BCUT2D eigenvalue weighted by Gasteiger charge is -2.20. The molecule has 1 aliphatic heterocycles. The molecule has 1 N–H and O–H groups in total. The molecule has 0 amide bonds. The van der Waals surface area contributed by atoms with Crippen molar-refractivity contribution in [2.75, 3.05) is 7.11 Å². The lowest BCUT2D eigenvalue weighted by atomic mass is 9.88. The minimum atomic E-state index is -0.490. The molecule has 0 aromatic heterocycles. The second kappa shape index (κ2) is 9.68. The van der Waals surface area contributed by atoms with Crippen molar-refractivity contribution in [2.45, 2.75) is 34.1 Å². The van der Waals surface area contributed by atoms with Gasteiger partial charge in [-0.15, -0.1) is 0 Å². The molecule has 0 atom stereocenters. The van der Waals surface area contributed by atoms with Crippen molar-refractivity contribution < 1.29 is 14.3 Å². The SMILES string of the molecule is C=Cc1ccc(C=CCC(C)(C)C)cc1-c1c2cc(OC)c(=O)c(Cl)c-2oc2c(Cl)c(O)c(C)cc12. The summed E-state index contributed by atoms with van der Waals surface area (Å²) in [6.07, 6.45) is 6.95. The molecule has 186 valence electrons. The van der Waals surface area contributed by atoms with Crippen LogP contribution in [0.15, 0.2) is 52.2 Å². The first kappa shape index (κ1) is 25.9. The summed E-state index contributed by atoms with van der Waals surface area (Å²) in [6.45, 7) is 12.4. The summed E-state index contributed by atoms with van der Waals surface area (Å²) < 4.78 is 11.4. The first-order valence-electron chi connectivity index (χ1n) is 11.5. The van der Waals surface area contributed by atoms with Crippen molar-refractivity contribution in [1.29, 1.82) is 0 Å². The van der Waals surface area contributed by atoms with Gasteiger partial charge in [0.25, 0.3) is 0 Å². The van der Waals surface area contributed by atoms with E-state index in [0.717, 1.165) is 28.7 Å². The zero-order valence-electron chi connectivity index (χ0n) is 21.0. The van der Waals surface area contributed by atoms with Crippen molar-refractivity contribution in [3.63, 3.8) is 0 Å². The van der Waals surface area contributed by atoms with Crippen LogP contribution < -0.4 is 10.2 Å². The third-order valence-corrected chi connectivity index (χ3v) is 6.79. The maximum Gasteiger partial charge on any atom is 0.242 e. The number of phenolic OH excluding ortho intramolecular Hbond substituents is 1. The van der Waals surface area contributed by atoms with E-state index in [4.69, 9.17) is 32.4 Å². The van der Waals surface area contributed by atoms with Gasteiger partial charge in [0.05, 0.1) is 7.11 Å². The van der Waals surface area contributed by atoms with Crippen LogP contribution in [0.4, 0.5) is 0 Å². The standard InChI is InChI=1S/C30H28Cl2O4/c1-7-18-11-10-17(9-8-12-30(3,4)5)14-19(18)23-20-13-16(2)26(33)24(31)28(20)36-29-21(23)15-22(35-6)27(34)25(29)32/h7-11,13-15,33H,1,12H2,2-6H3. The third-order valence-electron chi connectivity index (χ3n) is 6.10. The van der Waals surface area contributed by atoms with Crippen LogP contribution in [-0.2, 0) is 0 Å². The summed E-state index contributed by atoms with van der Waals surface area (Å²) in [5.41, 5.74) is 4.57. The van der Waals surface area contributed by atoms with Gasteiger partial charge in [-0.05, 0) is 59.2 Å². The Morgan fingerprint density at radius 1 is 1.11 bits per heavy atom. The second-order valence-electron chi connectivity index (χ2n) is 10.0. The molecule has 36 heavy (non-hydrogen) atoms. The number of methoxy groups -OCH3 is 1. The van der Waals surface area contributed by atoms with E-state index >= 15 is 0 Å². The average Bonchev–Trinajstić information content (AvgIpc) is 2.83. The van der Waals surface area contributed by atoms with Crippen LogP contribution in [0.1, 0.15) is 43.9 Å². The van der Waals surface area contributed by atoms with Gasteiger partial charge in [0, 0.05) is 16.5 Å². The molecule has 2 aromatic carbocycles. The van der Waals surface area contributed by atoms with Crippen molar-refractivity contribution in [2.24, 2.45) is 5.41 Å². The number of fused-ring (bicyclic) bond motifs is 2. The van der Waals surface area contributed by atoms with E-state index in [0.29, 0.717) is 16.5 Å². The van der Waals surface area contributed by atoms with E-state index in [1.807, 2.05) is 18.2 Å². The fourth-order valence-corrected chi connectivity index (χ4v) is 4.74. The predicted octanol–water partition coefficient (Wildman–Crippen LogP) is 8.99. The number of hydrogen-bond donors (Lipinski definition) is 1. The lowest BCUT2D eigenvalue weighted by Crippen LogP contribution is -2.09. The number of hydrogen-bond acceptors (Lipinski definition) is 4. The summed E-state index contributed by atoms with van der Waals surface area (Å²) in [4.78, 5) is 12.8. The Morgan fingerprint density at radius 2 is 1.83 bits per heavy atom. The number of halogens is 2. The first-order valence-corrected chi connectivity index (χ1v) is 12.3. The van der Waals surface area contributed by atoms with Crippen molar-refractivity contribution in [1.82, 2.24) is 0 Å². The monoisotopic (exact) mass is 522 g/mol. The minimum absolute atomic E-state index is 0.0499. The van der Waals surface area contributed by atoms with E-state index in [2.05, 4.69) is 45.6 Å². The molecule has 1 aliphatic carbocycles. The zero-order valence-corrected chi connectivity index (χ0v) is 22.5. The summed E-state index contributed by atoms with van der Waals surface area (Å²) in [5.74, 6) is 0.179. The highest BCUT2D eigenvalue weighted by Crippen LogP contribution is 2.48. The van der Waals surface area contributed by atoms with E-state index in [-0.39, 0.29) is 38.3 Å². The quantitative estimate of drug-likeness (QED) is 0.265. The van der Waals surface area contributed by atoms with Gasteiger partial charge in [0.15, 0.2) is 17.1 Å². The van der Waals surface area contributed by atoms with Gasteiger partial charge in [-0.3, -0.25) is 4.79 Å². The van der Waals surface area contributed by atoms with Crippen LogP contribution in [0.2, 0.25) is 10.0 Å². The van der Waals surface area contributed by atoms with Crippen LogP contribution in [0.5, 0.6) is 11.5 Å². The number of allylic oxidation sites excluding steroid dienone is 1. The zero-order chi connectivity index (χ0) is 26.4. The molecule has 0 fully saturated rings. The van der Waals surface area contributed by atoms with Gasteiger partial charge < -0.3 is 14.3 Å². The number of rotatable bonds is 5. The van der Waals surface area contributed by atoms with Gasteiger partial charge >= 0.3 is 0 Å². The number of phenols is 1. The molecule has 1 heterocycles. The predicted molar refractivity (Wildman–Crippen MR) is 151 cm³/mol. The topological polar surface area (TPSA) is 59.7 Å². The Hall–Kier alpha value is -3.21. The molecular weight excluding hydrogens is 495 g/mol. The summed E-state index contributed by atoms with van der Waals surface area (Å²) in [5, 5.41) is 11.1. The Kier molecular flexibility index (Phi) is 6.96. The first-order chi connectivity index (χ1) is 17.0. The highest BCUT2D eigenvalue weighted by molar-refractivity contribution is 6.37. The summed E-state index contributed by atoms with van der Waals surface area (Å²) in [6, 6.07) is 9.54. The molecule has 4 nitrogen and oxygen atoms in total. The fourth-order valence-electron chi connectivity index (χ4n) is 4.22. The van der Waals surface area contributed by atoms with E-state index in [1.165, 1.54) is 7.11 Å². The Balaban J connectivity index is 2.15. The molecule has 0 saturated carbocycles. The molecular formula is C30H28Cl2O4. The fraction of sp³-hybridized carbons (Fsp3) is 0.233. The Bertz CT molecular complexity index is 1550. The van der Waals surface area contributed by atoms with Gasteiger partial charge in [-0.2, -0.15) is 0 Å². The van der Waals surface area contributed by atoms with Crippen molar-refractivity contribution in [3.8, 4) is 33.9 Å². The van der Waals surface area contributed by atoms with E-state index < -0.39 is 5.43 Å². The number of aryl methyl sites for hydroxylation is 1. The van der Waals surface area contributed by atoms with Crippen molar-refractivity contribution in [3.05, 3.63) is 79.9 Å². The molecule has 2 aromatic rings. The van der Waals surface area contributed by atoms with Crippen molar-refractivity contribution >= 4 is 46.3 Å². The van der Waals surface area contributed by atoms with Gasteiger partial charge in [-0.25, -0.2) is 0 Å². The maximum atomic E-state index is 12.8. The molecule has 0 saturated heterocycles. The maximum absolute atomic E-state index is 12.8. The highest BCUT2D eigenvalue weighted by Gasteiger charge is 2.27. The number of benzene rings is 3. The van der Waals surface area contributed by atoms with Gasteiger partial charge in [0.2, 0.25) is 5.43 Å². The van der Waals surface area contributed by atoms with Crippen LogP contribution in [0.3, 0.4) is 0 Å². The molecule has 0 bridgehead atoms. The summed E-state index contributed by atoms with van der Waals surface area (Å²) in [7, 11) is 1.42. The smallest absolute Gasteiger partial charge is 0.242 e. The third kappa shape index (κ3) is 4.63. The molecule has 0 unspecified atom stereocenters. The Morgan fingerprint density at radius 3 is 2.47 bits per heavy atom. The average molecular weight is 523 g/mol. The van der Waals surface area contributed by atoms with Crippen LogP contribution in [0.25, 0.3) is 45.6 Å². The molecule has 2 aliphatic rings. The lowest BCUT2D eigenvalue weighted by molar-refractivity contribution is 0.410. The highest BCUT2D eigenvalue weighted by atomic mass is 35.5. The van der Waals surface area contributed by atoms with E-state index in [1.54, 1.807) is 19.1 Å². The normalized spacial score (nSPS) is 12.1. The summed E-state index contributed by atoms with van der Waals surface area (Å²) >= 11 is 13.0. The van der Waals surface area contributed by atoms with Crippen LogP contribution in [-0.4, -0.2) is 12.2 Å². The van der Waals surface area contributed by atoms with Gasteiger partial charge in [-0.1, -0.05) is 80.9 Å². The molecule has 6 heteroatoms. The molecule has 0 radical (unpaired) electrons. The van der Waals surface area contributed by atoms with Crippen LogP contribution in [0, 0.1) is 12.3 Å². The largest absolute Gasteiger partial charge is 0.506 e. The van der Waals surface area contributed by atoms with E-state index in [9.17, 15) is 9.90 Å². The van der Waals surface area contributed by atoms with Crippen LogP contribution >= 0.6 is 23.2 Å².